The molecule has 0 radical (unpaired) electrons. The molecule has 0 aromatic carbocycles. The minimum Gasteiger partial charge on any atom is -0.0988 e. The Labute approximate surface area is 71.4 Å². The Morgan fingerprint density at radius 3 is 2.45 bits per heavy atom. The van der Waals surface area contributed by atoms with E-state index in [1.54, 1.807) is 0 Å². The summed E-state index contributed by atoms with van der Waals surface area (Å²) in [5.74, 6) is 2.30. The zero-order chi connectivity index (χ0) is 8.85. The second-order valence-electron chi connectivity index (χ2n) is 2.78. The van der Waals surface area contributed by atoms with Gasteiger partial charge >= 0.3 is 0 Å². The van der Waals surface area contributed by atoms with Gasteiger partial charge in [0, 0.05) is 0 Å². The molecule has 0 aliphatic rings. The monoisotopic (exact) mass is 169 g/mol. The lowest BCUT2D eigenvalue weighted by Crippen LogP contribution is -1.90. The van der Waals surface area contributed by atoms with Crippen molar-refractivity contribution in [1.29, 1.82) is 0 Å². The lowest BCUT2D eigenvalue weighted by atomic mass is 10.2. The third-order valence-electron chi connectivity index (χ3n) is 1.88. The molecule has 0 spiro atoms. The Hall–Kier alpha value is -0.350. The third kappa shape index (κ3) is 4.16. The van der Waals surface area contributed by atoms with Crippen molar-refractivity contribution in [3.05, 3.63) is 24.3 Å². The molecule has 0 rings (SSSR count). The van der Waals surface area contributed by atoms with Gasteiger partial charge in [0.05, 0.1) is 20.0 Å². The first-order chi connectivity index (χ1) is 5.11. The molecule has 0 saturated heterocycles. The Balaban J connectivity index is 4.27. The van der Waals surface area contributed by atoms with Crippen molar-refractivity contribution in [3.8, 4) is 0 Å². The van der Waals surface area contributed by atoms with Crippen LogP contribution in [0, 0.1) is 0 Å². The molecule has 0 nitrogen and oxygen atoms in total. The zero-order valence-electron chi connectivity index (χ0n) is 7.96. The first-order valence-electron chi connectivity index (χ1n) is 3.94. The van der Waals surface area contributed by atoms with E-state index in [2.05, 4.69) is 45.9 Å². The SMILES string of the molecule is C=C/C(C)=C/C(C)[P+](C)=CC. The average Bonchev–Trinajstić information content (AvgIpc) is 2.02. The molecule has 0 bridgehead atoms. The van der Waals surface area contributed by atoms with Crippen molar-refractivity contribution in [2.45, 2.75) is 26.4 Å². The maximum atomic E-state index is 3.73. The summed E-state index contributed by atoms with van der Waals surface area (Å²) in [7, 11) is 0.0730. The van der Waals surface area contributed by atoms with Crippen LogP contribution in [0.5, 0.6) is 0 Å². The quantitative estimate of drug-likeness (QED) is 0.448. The van der Waals surface area contributed by atoms with Crippen molar-refractivity contribution in [2.24, 2.45) is 0 Å². The van der Waals surface area contributed by atoms with Gasteiger partial charge in [-0.05, 0) is 26.8 Å². The molecule has 62 valence electrons. The summed E-state index contributed by atoms with van der Waals surface area (Å²) >= 11 is 0. The number of rotatable bonds is 3. The second kappa shape index (κ2) is 5.32. The molecular formula is C10H18P+. The van der Waals surface area contributed by atoms with Crippen molar-refractivity contribution >= 4 is 13.3 Å². The van der Waals surface area contributed by atoms with Crippen LogP contribution in [0.3, 0.4) is 0 Å². The normalized spacial score (nSPS) is 16.4. The maximum Gasteiger partial charge on any atom is 0.131 e. The van der Waals surface area contributed by atoms with Crippen molar-refractivity contribution in [2.75, 3.05) is 6.66 Å². The lowest BCUT2D eigenvalue weighted by molar-refractivity contribution is 1.21. The fraction of sp³-hybridized carbons (Fsp3) is 0.500. The first kappa shape index (κ1) is 10.7. The van der Waals surface area contributed by atoms with Crippen LogP contribution >= 0.6 is 7.55 Å². The van der Waals surface area contributed by atoms with Gasteiger partial charge in [-0.3, -0.25) is 0 Å². The molecule has 0 aliphatic heterocycles. The highest BCUT2D eigenvalue weighted by molar-refractivity contribution is 7.57. The molecule has 0 heterocycles. The van der Waals surface area contributed by atoms with Crippen molar-refractivity contribution in [3.63, 3.8) is 0 Å². The van der Waals surface area contributed by atoms with E-state index in [9.17, 15) is 0 Å². The molecule has 0 aromatic heterocycles. The molecule has 1 heteroatoms. The highest BCUT2D eigenvalue weighted by Gasteiger charge is 2.08. The van der Waals surface area contributed by atoms with Crippen molar-refractivity contribution < 1.29 is 0 Å². The third-order valence-corrected chi connectivity index (χ3v) is 4.12. The largest absolute Gasteiger partial charge is 0.131 e. The summed E-state index contributed by atoms with van der Waals surface area (Å²) in [4.78, 5) is 0. The number of hydrogen-bond donors (Lipinski definition) is 0. The topological polar surface area (TPSA) is 0 Å². The smallest absolute Gasteiger partial charge is 0.0988 e. The molecule has 2 atom stereocenters. The van der Waals surface area contributed by atoms with E-state index >= 15 is 0 Å². The van der Waals surface area contributed by atoms with Gasteiger partial charge in [0.2, 0.25) is 0 Å². The van der Waals surface area contributed by atoms with Crippen LogP contribution in [-0.4, -0.2) is 18.1 Å². The van der Waals surface area contributed by atoms with Gasteiger partial charge in [0.25, 0.3) is 0 Å². The Morgan fingerprint density at radius 2 is 2.09 bits per heavy atom. The summed E-state index contributed by atoms with van der Waals surface area (Å²) < 4.78 is 0. The number of hydrogen-bond acceptors (Lipinski definition) is 0. The van der Waals surface area contributed by atoms with Crippen LogP contribution < -0.4 is 0 Å². The van der Waals surface area contributed by atoms with Crippen LogP contribution in [0.25, 0.3) is 0 Å². The Bertz CT molecular complexity index is 187. The Kier molecular flexibility index (Phi) is 5.15. The van der Waals surface area contributed by atoms with E-state index < -0.39 is 0 Å². The summed E-state index contributed by atoms with van der Waals surface area (Å²) in [6.07, 6.45) is 4.20. The highest BCUT2D eigenvalue weighted by atomic mass is 31.1. The predicted octanol–water partition coefficient (Wildman–Crippen LogP) is 3.44. The number of allylic oxidation sites excluding steroid dienone is 3. The lowest BCUT2D eigenvalue weighted by Gasteiger charge is -1.96. The van der Waals surface area contributed by atoms with E-state index in [4.69, 9.17) is 0 Å². The molecule has 0 fully saturated rings. The van der Waals surface area contributed by atoms with Gasteiger partial charge in [-0.15, -0.1) is 0 Å². The summed E-state index contributed by atoms with van der Waals surface area (Å²) in [6, 6.07) is 0. The van der Waals surface area contributed by atoms with E-state index in [1.807, 2.05) is 6.08 Å². The molecule has 2 unspecified atom stereocenters. The highest BCUT2D eigenvalue weighted by Crippen LogP contribution is 2.25. The molecule has 0 aliphatic carbocycles. The van der Waals surface area contributed by atoms with Crippen LogP contribution in [0.2, 0.25) is 0 Å². The first-order valence-corrected chi connectivity index (χ1v) is 5.86. The fourth-order valence-electron chi connectivity index (χ4n) is 0.801. The second-order valence-corrected chi connectivity index (χ2v) is 5.44. The van der Waals surface area contributed by atoms with Gasteiger partial charge in [-0.2, -0.15) is 0 Å². The van der Waals surface area contributed by atoms with Gasteiger partial charge in [-0.25, -0.2) is 0 Å². The summed E-state index contributed by atoms with van der Waals surface area (Å²) in [6.45, 7) is 12.5. The van der Waals surface area contributed by atoms with E-state index in [-0.39, 0.29) is 7.55 Å². The van der Waals surface area contributed by atoms with Crippen LogP contribution in [-0.2, 0) is 0 Å². The molecule has 0 aromatic rings. The summed E-state index contributed by atoms with van der Waals surface area (Å²) in [5.41, 5.74) is 1.97. The van der Waals surface area contributed by atoms with Crippen LogP contribution in [0.4, 0.5) is 0 Å². The van der Waals surface area contributed by atoms with Gasteiger partial charge in [0.15, 0.2) is 0 Å². The van der Waals surface area contributed by atoms with E-state index in [1.165, 1.54) is 5.57 Å². The molecule has 11 heavy (non-hydrogen) atoms. The fourth-order valence-corrected chi connectivity index (χ4v) is 1.74. The summed E-state index contributed by atoms with van der Waals surface area (Å²) in [5, 5.41) is 0. The Morgan fingerprint density at radius 1 is 1.55 bits per heavy atom. The molecule has 0 amide bonds. The van der Waals surface area contributed by atoms with E-state index in [0.717, 1.165) is 0 Å². The van der Waals surface area contributed by atoms with Crippen molar-refractivity contribution in [1.82, 2.24) is 0 Å². The van der Waals surface area contributed by atoms with Crippen LogP contribution in [0.1, 0.15) is 20.8 Å². The average molecular weight is 169 g/mol. The van der Waals surface area contributed by atoms with Gasteiger partial charge < -0.3 is 0 Å². The zero-order valence-corrected chi connectivity index (χ0v) is 8.86. The maximum absolute atomic E-state index is 3.73. The predicted molar refractivity (Wildman–Crippen MR) is 58.0 cm³/mol. The van der Waals surface area contributed by atoms with Gasteiger partial charge in [-0.1, -0.05) is 18.2 Å². The standard InChI is InChI=1S/C10H18P/c1-6-9(3)8-10(4)11(5)7-2/h6-8,10H,1H2,2-5H3/q+1/b9-8+. The molecular weight excluding hydrogens is 151 g/mol. The van der Waals surface area contributed by atoms with Gasteiger partial charge in [0.1, 0.15) is 5.66 Å². The van der Waals surface area contributed by atoms with Crippen LogP contribution in [0.15, 0.2) is 24.3 Å². The molecule has 0 N–H and O–H groups in total. The minimum absolute atomic E-state index is 0.0730. The molecule has 0 saturated carbocycles. The van der Waals surface area contributed by atoms with E-state index in [0.29, 0.717) is 5.66 Å². The minimum atomic E-state index is 0.0730.